The van der Waals surface area contributed by atoms with Crippen LogP contribution >= 0.6 is 11.6 Å². The molecule has 1 aliphatic heterocycles. The highest BCUT2D eigenvalue weighted by Crippen LogP contribution is 2.35. The fourth-order valence-corrected chi connectivity index (χ4v) is 2.61. The first-order chi connectivity index (χ1) is 11.6. The quantitative estimate of drug-likeness (QED) is 0.764. The van der Waals surface area contributed by atoms with E-state index in [-0.39, 0.29) is 23.1 Å². The van der Waals surface area contributed by atoms with E-state index in [0.29, 0.717) is 11.3 Å². The van der Waals surface area contributed by atoms with Gasteiger partial charge in [-0.1, -0.05) is 11.6 Å². The van der Waals surface area contributed by atoms with E-state index in [4.69, 9.17) is 11.6 Å². The number of hydrogen-bond donors (Lipinski definition) is 0. The molecule has 3 heterocycles. The number of amides is 1. The molecule has 1 amide bonds. The summed E-state index contributed by atoms with van der Waals surface area (Å²) >= 11 is 5.89. The molecule has 0 bridgehead atoms. The standard InChI is InChI=1S/C13H12ClF4N5O2/c1-21(7-13(16,17)18)11(24)25-12(15)5-22(6-12)8-4-9(14)20-23-3-2-19-10(8)23/h2-4H,5-7H2,1H3. The average molecular weight is 382 g/mol. The molecule has 0 radical (unpaired) electrons. The first-order valence-electron chi connectivity index (χ1n) is 7.01. The Hall–Kier alpha value is -2.30. The second-order valence-corrected chi connectivity index (χ2v) is 6.01. The maximum Gasteiger partial charge on any atom is 0.412 e. The van der Waals surface area contributed by atoms with E-state index in [0.717, 1.165) is 7.05 Å². The van der Waals surface area contributed by atoms with Gasteiger partial charge in [-0.3, -0.25) is 0 Å². The number of nitrogens with zero attached hydrogens (tertiary/aromatic N) is 5. The number of anilines is 1. The summed E-state index contributed by atoms with van der Waals surface area (Å²) in [5, 5.41) is 4.13. The Kier molecular flexibility index (Phi) is 4.13. The molecule has 0 aromatic carbocycles. The predicted octanol–water partition coefficient (Wildman–Crippen LogP) is 2.50. The van der Waals surface area contributed by atoms with Gasteiger partial charge < -0.3 is 14.5 Å². The summed E-state index contributed by atoms with van der Waals surface area (Å²) in [5.74, 6) is -2.39. The molecule has 3 rings (SSSR count). The summed E-state index contributed by atoms with van der Waals surface area (Å²) in [7, 11) is 0.881. The van der Waals surface area contributed by atoms with Crippen molar-refractivity contribution in [2.75, 3.05) is 31.6 Å². The molecule has 2 aromatic rings. The molecule has 1 saturated heterocycles. The maximum absolute atomic E-state index is 14.4. The fraction of sp³-hybridized carbons (Fsp3) is 0.462. The Labute approximate surface area is 143 Å². The third-order valence-electron chi connectivity index (χ3n) is 3.50. The van der Waals surface area contributed by atoms with Gasteiger partial charge in [0.05, 0.1) is 18.8 Å². The fourth-order valence-electron chi connectivity index (χ4n) is 2.43. The molecule has 2 aromatic heterocycles. The molecule has 12 heteroatoms. The molecule has 1 aliphatic rings. The third kappa shape index (κ3) is 3.70. The number of carbonyl (C=O) groups excluding carboxylic acids is 1. The highest BCUT2D eigenvalue weighted by Gasteiger charge is 2.49. The number of carbonyl (C=O) groups is 1. The molecular weight excluding hydrogens is 370 g/mol. The van der Waals surface area contributed by atoms with Crippen molar-refractivity contribution in [2.45, 2.75) is 12.0 Å². The molecular formula is C13H12ClF4N5O2. The Balaban J connectivity index is 1.66. The smallest absolute Gasteiger partial charge is 0.408 e. The van der Waals surface area contributed by atoms with Crippen LogP contribution in [0.15, 0.2) is 18.5 Å². The number of ether oxygens (including phenoxy) is 1. The Bertz CT molecular complexity index is 805. The van der Waals surface area contributed by atoms with Crippen LogP contribution in [-0.2, 0) is 4.74 Å². The van der Waals surface area contributed by atoms with Crippen molar-refractivity contribution in [1.29, 1.82) is 0 Å². The first-order valence-corrected chi connectivity index (χ1v) is 7.39. The van der Waals surface area contributed by atoms with Gasteiger partial charge >= 0.3 is 12.3 Å². The lowest BCUT2D eigenvalue weighted by atomic mass is 10.1. The van der Waals surface area contributed by atoms with Crippen LogP contribution in [0.25, 0.3) is 5.65 Å². The van der Waals surface area contributed by atoms with Crippen molar-refractivity contribution >= 4 is 29.0 Å². The molecule has 0 spiro atoms. The highest BCUT2D eigenvalue weighted by molar-refractivity contribution is 6.29. The van der Waals surface area contributed by atoms with E-state index in [1.165, 1.54) is 21.7 Å². The summed E-state index contributed by atoms with van der Waals surface area (Å²) in [6.45, 7) is -2.25. The predicted molar refractivity (Wildman–Crippen MR) is 79.2 cm³/mol. The SMILES string of the molecule is CN(CC(F)(F)F)C(=O)OC1(F)CN(c2cc(Cl)nn3ccnc23)C1. The number of rotatable bonds is 3. The zero-order valence-electron chi connectivity index (χ0n) is 12.8. The molecule has 7 nitrogen and oxygen atoms in total. The topological polar surface area (TPSA) is 63.0 Å². The van der Waals surface area contributed by atoms with E-state index < -0.39 is 24.7 Å². The van der Waals surface area contributed by atoms with Crippen LogP contribution in [0.1, 0.15) is 0 Å². The van der Waals surface area contributed by atoms with Crippen LogP contribution in [0.3, 0.4) is 0 Å². The summed E-state index contributed by atoms with van der Waals surface area (Å²) in [6, 6.07) is 1.47. The van der Waals surface area contributed by atoms with Gasteiger partial charge in [0.25, 0.3) is 5.85 Å². The van der Waals surface area contributed by atoms with Gasteiger partial charge in [-0.15, -0.1) is 0 Å². The summed E-state index contributed by atoms with van der Waals surface area (Å²) < 4.78 is 57.2. The minimum Gasteiger partial charge on any atom is -0.408 e. The van der Waals surface area contributed by atoms with Crippen LogP contribution in [0, 0.1) is 0 Å². The van der Waals surface area contributed by atoms with E-state index in [9.17, 15) is 22.4 Å². The molecule has 136 valence electrons. The van der Waals surface area contributed by atoms with Gasteiger partial charge in [-0.25, -0.2) is 14.3 Å². The van der Waals surface area contributed by atoms with Crippen LogP contribution in [0.2, 0.25) is 5.15 Å². The molecule has 0 aliphatic carbocycles. The lowest BCUT2D eigenvalue weighted by Crippen LogP contribution is -2.62. The second kappa shape index (κ2) is 5.90. The second-order valence-electron chi connectivity index (χ2n) is 5.63. The number of halogens is 5. The number of imidazole rings is 1. The van der Waals surface area contributed by atoms with Crippen LogP contribution in [-0.4, -0.2) is 64.3 Å². The zero-order valence-corrected chi connectivity index (χ0v) is 13.6. The summed E-state index contributed by atoms with van der Waals surface area (Å²) in [6.07, 6.45) is -2.95. The van der Waals surface area contributed by atoms with Crippen molar-refractivity contribution in [3.63, 3.8) is 0 Å². The van der Waals surface area contributed by atoms with Crippen LogP contribution in [0.4, 0.5) is 28.0 Å². The molecule has 0 N–H and O–H groups in total. The zero-order chi connectivity index (χ0) is 18.4. The normalized spacial score (nSPS) is 16.6. The van der Waals surface area contributed by atoms with Crippen LogP contribution < -0.4 is 4.90 Å². The molecule has 0 saturated carbocycles. The van der Waals surface area contributed by atoms with Gasteiger partial charge in [0.1, 0.15) is 6.54 Å². The lowest BCUT2D eigenvalue weighted by Gasteiger charge is -2.44. The summed E-state index contributed by atoms with van der Waals surface area (Å²) in [5.41, 5.74) is 0.893. The molecule has 1 fully saturated rings. The van der Waals surface area contributed by atoms with Crippen LogP contribution in [0.5, 0.6) is 0 Å². The van der Waals surface area contributed by atoms with E-state index in [1.54, 1.807) is 6.20 Å². The van der Waals surface area contributed by atoms with E-state index in [2.05, 4.69) is 14.8 Å². The maximum atomic E-state index is 14.4. The van der Waals surface area contributed by atoms with Gasteiger partial charge in [-0.2, -0.15) is 22.7 Å². The number of aromatic nitrogens is 3. The third-order valence-corrected chi connectivity index (χ3v) is 3.69. The van der Waals surface area contributed by atoms with Crippen molar-refractivity contribution < 1.29 is 27.1 Å². The number of hydrogen-bond acceptors (Lipinski definition) is 5. The van der Waals surface area contributed by atoms with Gasteiger partial charge in [-0.05, 0) is 0 Å². The van der Waals surface area contributed by atoms with Crippen molar-refractivity contribution in [3.8, 4) is 0 Å². The lowest BCUT2D eigenvalue weighted by molar-refractivity contribution is -0.154. The molecule has 25 heavy (non-hydrogen) atoms. The highest BCUT2D eigenvalue weighted by atomic mass is 35.5. The average Bonchev–Trinajstić information content (AvgIpc) is 2.89. The van der Waals surface area contributed by atoms with Gasteiger partial charge in [0.15, 0.2) is 10.8 Å². The minimum atomic E-state index is -4.59. The number of fused-ring (bicyclic) bond motifs is 1. The summed E-state index contributed by atoms with van der Waals surface area (Å²) in [4.78, 5) is 17.4. The Morgan fingerprint density at radius 1 is 1.48 bits per heavy atom. The molecule has 0 atom stereocenters. The monoisotopic (exact) mass is 381 g/mol. The van der Waals surface area contributed by atoms with Gasteiger partial charge in [0.2, 0.25) is 0 Å². The van der Waals surface area contributed by atoms with E-state index >= 15 is 0 Å². The Morgan fingerprint density at radius 3 is 2.80 bits per heavy atom. The minimum absolute atomic E-state index is 0.152. The van der Waals surface area contributed by atoms with Gasteiger partial charge in [0, 0.05) is 25.5 Å². The Morgan fingerprint density at radius 2 is 2.16 bits per heavy atom. The largest absolute Gasteiger partial charge is 0.412 e. The van der Waals surface area contributed by atoms with Crippen molar-refractivity contribution in [3.05, 3.63) is 23.6 Å². The molecule has 0 unspecified atom stereocenters. The van der Waals surface area contributed by atoms with E-state index in [1.807, 2.05) is 0 Å². The van der Waals surface area contributed by atoms with Crippen molar-refractivity contribution in [1.82, 2.24) is 19.5 Å². The first kappa shape index (κ1) is 17.5. The van der Waals surface area contributed by atoms with Crippen molar-refractivity contribution in [2.24, 2.45) is 0 Å². The number of alkyl halides is 4.